The van der Waals surface area contributed by atoms with E-state index in [1.54, 1.807) is 25.9 Å². The average molecular weight is 310 g/mol. The molecule has 0 aromatic rings. The molecule has 0 aliphatic carbocycles. The molecule has 3 nitrogen and oxygen atoms in total. The molecule has 0 heterocycles. The Balaban J connectivity index is -0.000000200. The summed E-state index contributed by atoms with van der Waals surface area (Å²) in [6, 6.07) is 0. The monoisotopic (exact) mass is 309 g/mol. The van der Waals surface area contributed by atoms with Crippen molar-refractivity contribution < 1.29 is 9.59 Å². The number of thiocarbonyl (C=S) groups is 2. The van der Waals surface area contributed by atoms with E-state index in [-0.39, 0.29) is 11.0 Å². The second kappa shape index (κ2) is 14.7. The zero-order valence-electron chi connectivity index (χ0n) is 12.2. The number of rotatable bonds is 2. The van der Waals surface area contributed by atoms with Gasteiger partial charge in [-0.3, -0.25) is 9.59 Å². The molecule has 0 aliphatic heterocycles. The highest BCUT2D eigenvalue weighted by molar-refractivity contribution is 8.13. The number of Topliss-reactive ketones (excluding diaryl/α,β-unsaturated/α-hetero) is 1. The lowest BCUT2D eigenvalue weighted by Crippen LogP contribution is -2.16. The molecule has 0 aromatic carbocycles. The van der Waals surface area contributed by atoms with Gasteiger partial charge in [-0.25, -0.2) is 0 Å². The van der Waals surface area contributed by atoms with Gasteiger partial charge in [0.25, 0.3) is 5.24 Å². The van der Waals surface area contributed by atoms with Gasteiger partial charge in [-0.1, -0.05) is 43.1 Å². The summed E-state index contributed by atoms with van der Waals surface area (Å²) in [5.74, 6) is 0.849. The zero-order valence-corrected chi connectivity index (χ0v) is 14.6. The van der Waals surface area contributed by atoms with E-state index >= 15 is 0 Å². The van der Waals surface area contributed by atoms with Crippen LogP contribution in [-0.2, 0) is 4.79 Å². The van der Waals surface area contributed by atoms with Gasteiger partial charge < -0.3 is 4.90 Å². The van der Waals surface area contributed by atoms with Crippen LogP contribution in [0, 0.1) is 0 Å². The number of amides is 1. The van der Waals surface area contributed by atoms with Crippen molar-refractivity contribution >= 4 is 56.9 Å². The predicted molar refractivity (Wildman–Crippen MR) is 90.1 cm³/mol. The van der Waals surface area contributed by atoms with Crippen LogP contribution >= 0.6 is 36.2 Å². The van der Waals surface area contributed by atoms with E-state index < -0.39 is 0 Å². The maximum absolute atomic E-state index is 10.6. The standard InChI is InChI=1S/C5H11NOS.C4H6OS.C3H6S/c1-4-8-5(7)6(2)3;1-3(5)4(2)6;1-3(2)4/h4H2,1-3H3;1-2H3;1-2H3. The molecular weight excluding hydrogens is 286 g/mol. The van der Waals surface area contributed by atoms with E-state index in [9.17, 15) is 9.59 Å². The van der Waals surface area contributed by atoms with E-state index in [0.717, 1.165) is 10.6 Å². The molecule has 0 saturated heterocycles. The quantitative estimate of drug-likeness (QED) is 0.726. The van der Waals surface area contributed by atoms with Crippen molar-refractivity contribution in [3.8, 4) is 0 Å². The molecule has 0 saturated carbocycles. The zero-order chi connectivity index (χ0) is 15.3. The fourth-order valence-corrected chi connectivity index (χ4v) is 0.758. The van der Waals surface area contributed by atoms with Crippen LogP contribution in [0.25, 0.3) is 0 Å². The Kier molecular flexibility index (Phi) is 18.7. The molecule has 1 amide bonds. The minimum atomic E-state index is -0.00926. The molecule has 18 heavy (non-hydrogen) atoms. The first-order valence-electron chi connectivity index (χ1n) is 5.38. The predicted octanol–water partition coefficient (Wildman–Crippen LogP) is 3.78. The molecule has 0 aromatic heterocycles. The SMILES string of the molecule is CC(=O)C(C)=S.CC(C)=S.CCSC(=O)N(C)C. The van der Waals surface area contributed by atoms with E-state index in [1.807, 2.05) is 20.8 Å². The van der Waals surface area contributed by atoms with Crippen LogP contribution < -0.4 is 0 Å². The van der Waals surface area contributed by atoms with Gasteiger partial charge in [0.2, 0.25) is 0 Å². The summed E-state index contributed by atoms with van der Waals surface area (Å²) in [6.45, 7) is 8.84. The van der Waals surface area contributed by atoms with Crippen molar-refractivity contribution in [2.24, 2.45) is 0 Å². The highest BCUT2D eigenvalue weighted by Crippen LogP contribution is 2.02. The highest BCUT2D eigenvalue weighted by Gasteiger charge is 1.99. The fourth-order valence-electron chi connectivity index (χ4n) is 0.253. The number of hydrogen-bond acceptors (Lipinski definition) is 5. The van der Waals surface area contributed by atoms with Crippen LogP contribution in [0.4, 0.5) is 4.79 Å². The van der Waals surface area contributed by atoms with Crippen molar-refractivity contribution in [2.45, 2.75) is 34.6 Å². The van der Waals surface area contributed by atoms with E-state index in [4.69, 9.17) is 0 Å². The van der Waals surface area contributed by atoms with Gasteiger partial charge >= 0.3 is 0 Å². The Labute approximate surface area is 126 Å². The summed E-state index contributed by atoms with van der Waals surface area (Å²) in [4.78, 5) is 23.7. The lowest BCUT2D eigenvalue weighted by molar-refractivity contribution is -0.110. The molecule has 0 radical (unpaired) electrons. The van der Waals surface area contributed by atoms with Crippen LogP contribution in [0.3, 0.4) is 0 Å². The number of carbonyl (C=O) groups is 2. The number of hydrogen-bond donors (Lipinski definition) is 0. The maximum Gasteiger partial charge on any atom is 0.281 e. The number of thioether (sulfide) groups is 1. The first kappa shape index (κ1) is 22.8. The van der Waals surface area contributed by atoms with Gasteiger partial charge in [0.05, 0.1) is 4.86 Å². The van der Waals surface area contributed by atoms with Crippen LogP contribution in [0.2, 0.25) is 0 Å². The third-order valence-electron chi connectivity index (χ3n) is 1.13. The molecular formula is C12H23NO2S3. The third-order valence-corrected chi connectivity index (χ3v) is 2.32. The Hall–Kier alpha value is -0.330. The summed E-state index contributed by atoms with van der Waals surface area (Å²) in [7, 11) is 3.51. The van der Waals surface area contributed by atoms with Crippen molar-refractivity contribution in [3.63, 3.8) is 0 Å². The minimum Gasteiger partial charge on any atom is -0.340 e. The minimum absolute atomic E-state index is 0.00926. The summed E-state index contributed by atoms with van der Waals surface area (Å²) in [6.07, 6.45) is 0. The molecule has 0 unspecified atom stereocenters. The molecule has 0 rings (SSSR count). The first-order valence-corrected chi connectivity index (χ1v) is 7.19. The van der Waals surface area contributed by atoms with E-state index in [2.05, 4.69) is 24.4 Å². The highest BCUT2D eigenvalue weighted by atomic mass is 32.2. The molecule has 0 atom stereocenters. The van der Waals surface area contributed by atoms with Crippen LogP contribution in [0.5, 0.6) is 0 Å². The lowest BCUT2D eigenvalue weighted by atomic mass is 10.4. The number of carbonyl (C=O) groups excluding carboxylic acids is 2. The number of ketones is 1. The van der Waals surface area contributed by atoms with Gasteiger partial charge in [-0.15, -0.1) is 0 Å². The molecule has 106 valence electrons. The van der Waals surface area contributed by atoms with Crippen LogP contribution in [0.15, 0.2) is 0 Å². The molecule has 0 aliphatic rings. The van der Waals surface area contributed by atoms with Crippen molar-refractivity contribution in [2.75, 3.05) is 19.8 Å². The second-order valence-corrected chi connectivity index (χ2v) is 6.26. The third kappa shape index (κ3) is 29.6. The molecule has 0 N–H and O–H groups in total. The Bertz CT molecular complexity index is 273. The Morgan fingerprint density at radius 2 is 1.33 bits per heavy atom. The van der Waals surface area contributed by atoms with E-state index in [1.165, 1.54) is 18.7 Å². The fraction of sp³-hybridized carbons (Fsp3) is 0.667. The maximum atomic E-state index is 10.6. The second-order valence-electron chi connectivity index (χ2n) is 3.61. The van der Waals surface area contributed by atoms with Gasteiger partial charge in [0, 0.05) is 14.1 Å². The molecule has 0 bridgehead atoms. The molecule has 0 fully saturated rings. The Morgan fingerprint density at radius 1 is 1.06 bits per heavy atom. The van der Waals surface area contributed by atoms with Crippen LogP contribution in [0.1, 0.15) is 34.6 Å². The number of nitrogens with zero attached hydrogens (tertiary/aromatic N) is 1. The molecule has 0 spiro atoms. The summed E-state index contributed by atoms with van der Waals surface area (Å²) >= 11 is 10.3. The van der Waals surface area contributed by atoms with Crippen molar-refractivity contribution in [1.82, 2.24) is 4.90 Å². The van der Waals surface area contributed by atoms with Crippen molar-refractivity contribution in [1.29, 1.82) is 0 Å². The summed E-state index contributed by atoms with van der Waals surface area (Å²) < 4.78 is 0. The summed E-state index contributed by atoms with van der Waals surface area (Å²) in [5, 5.41) is 0.132. The van der Waals surface area contributed by atoms with Gasteiger partial charge in [-0.2, -0.15) is 0 Å². The van der Waals surface area contributed by atoms with Crippen molar-refractivity contribution in [3.05, 3.63) is 0 Å². The summed E-state index contributed by atoms with van der Waals surface area (Å²) in [5.41, 5.74) is 0. The normalized spacial score (nSPS) is 7.94. The molecule has 6 heteroatoms. The van der Waals surface area contributed by atoms with Crippen LogP contribution in [-0.4, -0.2) is 45.5 Å². The smallest absolute Gasteiger partial charge is 0.281 e. The first-order chi connectivity index (χ1) is 8.06. The average Bonchev–Trinajstić information content (AvgIpc) is 2.17. The lowest BCUT2D eigenvalue weighted by Gasteiger charge is -2.06. The topological polar surface area (TPSA) is 37.4 Å². The largest absolute Gasteiger partial charge is 0.340 e. The van der Waals surface area contributed by atoms with E-state index in [0.29, 0.717) is 4.86 Å². The van der Waals surface area contributed by atoms with Gasteiger partial charge in [-0.05, 0) is 38.3 Å². The van der Waals surface area contributed by atoms with Gasteiger partial charge in [0.15, 0.2) is 5.78 Å². The Morgan fingerprint density at radius 3 is 1.39 bits per heavy atom. The van der Waals surface area contributed by atoms with Gasteiger partial charge in [0.1, 0.15) is 0 Å².